The Morgan fingerprint density at radius 3 is 2.60 bits per heavy atom. The van der Waals surface area contributed by atoms with Crippen molar-refractivity contribution < 1.29 is 28.8 Å². The second-order valence-corrected chi connectivity index (χ2v) is 9.87. The third-order valence-electron chi connectivity index (χ3n) is 6.45. The number of aliphatic hydroxyl groups is 1. The van der Waals surface area contributed by atoms with Crippen LogP contribution in [0.5, 0.6) is 0 Å². The van der Waals surface area contributed by atoms with Gasteiger partial charge in [-0.1, -0.05) is 29.3 Å². The van der Waals surface area contributed by atoms with E-state index in [0.717, 1.165) is 5.56 Å². The van der Waals surface area contributed by atoms with E-state index in [1.165, 1.54) is 6.33 Å². The zero-order valence-corrected chi connectivity index (χ0v) is 21.2. The Hall–Kier alpha value is -1.82. The van der Waals surface area contributed by atoms with E-state index in [-0.39, 0.29) is 0 Å². The Morgan fingerprint density at radius 1 is 1.11 bits per heavy atom. The van der Waals surface area contributed by atoms with Crippen molar-refractivity contribution in [3.8, 4) is 0 Å². The van der Waals surface area contributed by atoms with Crippen LogP contribution < -0.4 is 0 Å². The van der Waals surface area contributed by atoms with Crippen molar-refractivity contribution in [2.75, 3.05) is 14.2 Å². The lowest BCUT2D eigenvalue weighted by atomic mass is 9.93. The number of hydrogen-bond donors (Lipinski definition) is 1. The Kier molecular flexibility index (Phi) is 6.80. The van der Waals surface area contributed by atoms with Gasteiger partial charge in [0.15, 0.2) is 18.3 Å². The average molecular weight is 524 g/mol. The molecule has 188 valence electrons. The molecule has 1 N–H and O–H groups in total. The lowest BCUT2D eigenvalue weighted by Crippen LogP contribution is -2.34. The van der Waals surface area contributed by atoms with Crippen LogP contribution in [0.25, 0.3) is 11.0 Å². The predicted octanol–water partition coefficient (Wildman–Crippen LogP) is 4.05. The minimum absolute atomic E-state index is 0.348. The molecule has 5 atom stereocenters. The van der Waals surface area contributed by atoms with Gasteiger partial charge < -0.3 is 33.4 Å². The van der Waals surface area contributed by atoms with Crippen molar-refractivity contribution in [2.45, 2.75) is 63.0 Å². The molecule has 5 rings (SSSR count). The van der Waals surface area contributed by atoms with E-state index < -0.39 is 42.7 Å². The van der Waals surface area contributed by atoms with E-state index in [4.69, 9.17) is 46.9 Å². The van der Waals surface area contributed by atoms with Gasteiger partial charge >= 0.3 is 0 Å². The highest BCUT2D eigenvalue weighted by atomic mass is 35.5. The summed E-state index contributed by atoms with van der Waals surface area (Å²) >= 11 is 12.5. The van der Waals surface area contributed by atoms with Gasteiger partial charge in [0.1, 0.15) is 41.5 Å². The Balaban J connectivity index is 1.51. The van der Waals surface area contributed by atoms with E-state index in [9.17, 15) is 5.11 Å². The quantitative estimate of drug-likeness (QED) is 0.365. The van der Waals surface area contributed by atoms with Gasteiger partial charge in [-0.15, -0.1) is 0 Å². The van der Waals surface area contributed by atoms with Gasteiger partial charge in [0.2, 0.25) is 0 Å². The summed E-state index contributed by atoms with van der Waals surface area (Å²) in [6.07, 6.45) is -0.276. The maximum absolute atomic E-state index is 11.6. The number of ether oxygens (including phenoxy) is 5. The minimum Gasteiger partial charge on any atom is -0.386 e. The summed E-state index contributed by atoms with van der Waals surface area (Å²) < 4.78 is 31.5. The third-order valence-corrected chi connectivity index (χ3v) is 6.98. The highest BCUT2D eigenvalue weighted by Crippen LogP contribution is 2.47. The van der Waals surface area contributed by atoms with Crippen LogP contribution in [-0.2, 0) is 30.1 Å². The second kappa shape index (κ2) is 9.57. The highest BCUT2D eigenvalue weighted by molar-refractivity contribution is 6.33. The molecule has 0 amide bonds. The fourth-order valence-electron chi connectivity index (χ4n) is 4.89. The molecule has 2 fully saturated rings. The molecule has 0 bridgehead atoms. The number of hydrogen-bond acceptors (Lipinski definition) is 8. The second-order valence-electron chi connectivity index (χ2n) is 9.07. The van der Waals surface area contributed by atoms with Crippen LogP contribution in [0.1, 0.15) is 37.3 Å². The number of rotatable bonds is 7. The Morgan fingerprint density at radius 2 is 1.86 bits per heavy atom. The molecule has 2 aliphatic rings. The van der Waals surface area contributed by atoms with E-state index in [1.54, 1.807) is 32.4 Å². The maximum atomic E-state index is 11.6. The van der Waals surface area contributed by atoms with Crippen molar-refractivity contribution >= 4 is 34.2 Å². The van der Waals surface area contributed by atoms with Gasteiger partial charge in [0.25, 0.3) is 0 Å². The topological polar surface area (TPSA) is 97.1 Å². The largest absolute Gasteiger partial charge is 0.386 e. The first-order chi connectivity index (χ1) is 16.7. The van der Waals surface area contributed by atoms with Crippen molar-refractivity contribution in [1.82, 2.24) is 14.5 Å². The number of aromatic nitrogens is 3. The van der Waals surface area contributed by atoms with Gasteiger partial charge in [0, 0.05) is 31.9 Å². The molecule has 1 aromatic carbocycles. The lowest BCUT2D eigenvalue weighted by molar-refractivity contribution is -0.207. The average Bonchev–Trinajstić information content (AvgIpc) is 3.48. The molecular weight excluding hydrogens is 497 g/mol. The Bertz CT molecular complexity index is 1220. The van der Waals surface area contributed by atoms with Gasteiger partial charge in [-0.05, 0) is 43.2 Å². The van der Waals surface area contributed by atoms with E-state index in [2.05, 4.69) is 9.97 Å². The van der Waals surface area contributed by atoms with Crippen LogP contribution in [0.15, 0.2) is 36.8 Å². The van der Waals surface area contributed by atoms with E-state index >= 15 is 0 Å². The van der Waals surface area contributed by atoms with Gasteiger partial charge in [-0.2, -0.15) is 0 Å². The van der Waals surface area contributed by atoms with Crippen LogP contribution in [0.3, 0.4) is 0 Å². The van der Waals surface area contributed by atoms with Crippen molar-refractivity contribution in [2.24, 2.45) is 0 Å². The van der Waals surface area contributed by atoms with Gasteiger partial charge in [-0.3, -0.25) is 0 Å². The number of aliphatic hydroxyl groups excluding tert-OH is 1. The molecule has 0 unspecified atom stereocenters. The normalized spacial score (nSPS) is 26.5. The lowest BCUT2D eigenvalue weighted by Gasteiger charge is -2.28. The van der Waals surface area contributed by atoms with Gasteiger partial charge in [0.05, 0.1) is 5.39 Å². The van der Waals surface area contributed by atoms with Crippen LogP contribution in [-0.4, -0.2) is 64.3 Å². The molecule has 2 saturated heterocycles. The summed E-state index contributed by atoms with van der Waals surface area (Å²) in [7, 11) is 3.13. The molecule has 35 heavy (non-hydrogen) atoms. The molecule has 0 aliphatic carbocycles. The SMILES string of the molecule is COC(Cc1cc(Cl)ccc1[C@@H](O)[C@H]1O[C@@H](n2ccc3c(Cl)ncnc32)[C@@H]2OC(C)(C)O[C@@H]21)OC. The van der Waals surface area contributed by atoms with Crippen molar-refractivity contribution in [3.05, 3.63) is 58.1 Å². The summed E-state index contributed by atoms with van der Waals surface area (Å²) in [5.74, 6) is -0.856. The number of nitrogens with zero attached hydrogens (tertiary/aromatic N) is 3. The minimum atomic E-state index is -1.04. The molecule has 0 spiro atoms. The number of fused-ring (bicyclic) bond motifs is 2. The fraction of sp³-hybridized carbons (Fsp3) is 0.500. The first kappa shape index (κ1) is 24.9. The third kappa shape index (κ3) is 4.56. The van der Waals surface area contributed by atoms with Crippen molar-refractivity contribution in [1.29, 1.82) is 0 Å². The highest BCUT2D eigenvalue weighted by Gasteiger charge is 2.58. The molecule has 0 saturated carbocycles. The first-order valence-corrected chi connectivity index (χ1v) is 12.0. The Labute approximate surface area is 212 Å². The molecule has 9 nitrogen and oxygen atoms in total. The zero-order chi connectivity index (χ0) is 24.9. The summed E-state index contributed by atoms with van der Waals surface area (Å²) in [5.41, 5.74) is 2.03. The molecule has 3 aromatic rings. The van der Waals surface area contributed by atoms with Crippen LogP contribution in [0, 0.1) is 0 Å². The molecule has 2 aliphatic heterocycles. The van der Waals surface area contributed by atoms with Crippen LogP contribution >= 0.6 is 23.2 Å². The molecule has 4 heterocycles. The molecular formula is C24H27Cl2N3O6. The van der Waals surface area contributed by atoms with E-state index in [0.29, 0.717) is 33.2 Å². The fourth-order valence-corrected chi connectivity index (χ4v) is 5.28. The first-order valence-electron chi connectivity index (χ1n) is 11.2. The molecule has 0 radical (unpaired) electrons. The number of methoxy groups -OCH3 is 2. The number of halogens is 2. The summed E-state index contributed by atoms with van der Waals surface area (Å²) in [4.78, 5) is 8.43. The molecule has 2 aromatic heterocycles. The number of benzene rings is 1. The van der Waals surface area contributed by atoms with Crippen LogP contribution in [0.4, 0.5) is 0 Å². The summed E-state index contributed by atoms with van der Waals surface area (Å²) in [6, 6.07) is 7.14. The predicted molar refractivity (Wildman–Crippen MR) is 128 cm³/mol. The summed E-state index contributed by atoms with van der Waals surface area (Å²) in [5, 5.41) is 13.2. The monoisotopic (exact) mass is 523 g/mol. The van der Waals surface area contributed by atoms with Crippen LogP contribution in [0.2, 0.25) is 10.2 Å². The maximum Gasteiger partial charge on any atom is 0.164 e. The molecule has 11 heteroatoms. The van der Waals surface area contributed by atoms with E-state index in [1.807, 2.05) is 30.7 Å². The van der Waals surface area contributed by atoms with Gasteiger partial charge in [-0.25, -0.2) is 9.97 Å². The standard InChI is InChI=1S/C24H27Cl2N3O6/c1-24(2)34-19-18(17(30)14-6-5-13(25)9-12(14)10-16(31-3)32-4)33-23(20(19)35-24)29-8-7-15-21(26)27-11-28-22(15)29/h5-9,11,16-20,23,30H,10H2,1-4H3/t17-,18-,19-,20-,23-/m1/s1. The zero-order valence-electron chi connectivity index (χ0n) is 19.7. The smallest absolute Gasteiger partial charge is 0.164 e. The van der Waals surface area contributed by atoms with Crippen molar-refractivity contribution in [3.63, 3.8) is 0 Å². The summed E-state index contributed by atoms with van der Waals surface area (Å²) in [6.45, 7) is 3.68.